The second-order valence-corrected chi connectivity index (χ2v) is 6.89. The molecule has 1 saturated heterocycles. The summed E-state index contributed by atoms with van der Waals surface area (Å²) in [5.41, 5.74) is 2.49. The normalized spacial score (nSPS) is 15.0. The Hall–Kier alpha value is -2.92. The van der Waals surface area contributed by atoms with Crippen LogP contribution in [0, 0.1) is 0 Å². The number of anilines is 1. The molecule has 0 radical (unpaired) electrons. The van der Waals surface area contributed by atoms with Gasteiger partial charge in [-0.05, 0) is 23.8 Å². The Bertz CT molecular complexity index is 825. The van der Waals surface area contributed by atoms with Crippen LogP contribution in [0.1, 0.15) is 29.3 Å². The quantitative estimate of drug-likeness (QED) is 0.838. The van der Waals surface area contributed by atoms with Crippen LogP contribution in [0.3, 0.4) is 0 Å². The average Bonchev–Trinajstić information content (AvgIpc) is 2.74. The van der Waals surface area contributed by atoms with Crippen molar-refractivity contribution in [3.63, 3.8) is 0 Å². The van der Waals surface area contributed by atoms with Gasteiger partial charge in [0.05, 0.1) is 0 Å². The first-order valence-electron chi connectivity index (χ1n) is 9.79. The van der Waals surface area contributed by atoms with Gasteiger partial charge in [0, 0.05) is 50.4 Å². The molecule has 1 N–H and O–H groups in total. The highest BCUT2D eigenvalue weighted by molar-refractivity contribution is 5.97. The minimum Gasteiger partial charge on any atom is -0.336 e. The maximum Gasteiger partial charge on any atom is 0.254 e. The maximum absolute atomic E-state index is 12.8. The fraction of sp³-hybridized carbons (Fsp3) is 0.304. The lowest BCUT2D eigenvalue weighted by Gasteiger charge is -2.34. The smallest absolute Gasteiger partial charge is 0.254 e. The summed E-state index contributed by atoms with van der Waals surface area (Å²) in [4.78, 5) is 28.6. The standard InChI is InChI=1S/C23H27N3O2/c1-2-22(27)24-21-12-6-11-20(18-21)23(28)26-16-14-25(15-17-26)13-7-10-19-8-4-3-5-9-19/h3-12,18H,2,13-17H2,1H3,(H,24,27)/b10-7+. The number of carbonyl (C=O) groups is 2. The van der Waals surface area contributed by atoms with E-state index in [1.165, 1.54) is 5.56 Å². The summed E-state index contributed by atoms with van der Waals surface area (Å²) >= 11 is 0. The van der Waals surface area contributed by atoms with Crippen molar-refractivity contribution in [2.24, 2.45) is 0 Å². The van der Waals surface area contributed by atoms with Gasteiger partial charge in [0.25, 0.3) is 5.91 Å². The van der Waals surface area contributed by atoms with Crippen LogP contribution in [0.15, 0.2) is 60.7 Å². The summed E-state index contributed by atoms with van der Waals surface area (Å²) in [6, 6.07) is 17.4. The molecule has 0 aliphatic carbocycles. The largest absolute Gasteiger partial charge is 0.336 e. The lowest BCUT2D eigenvalue weighted by atomic mass is 10.1. The van der Waals surface area contributed by atoms with Gasteiger partial charge in [0.1, 0.15) is 0 Å². The summed E-state index contributed by atoms with van der Waals surface area (Å²) in [5.74, 6) is -0.0335. The zero-order valence-corrected chi connectivity index (χ0v) is 16.3. The minimum atomic E-state index is -0.0539. The van der Waals surface area contributed by atoms with Crippen molar-refractivity contribution < 1.29 is 9.59 Å². The molecule has 5 nitrogen and oxygen atoms in total. The maximum atomic E-state index is 12.8. The van der Waals surface area contributed by atoms with Crippen molar-refractivity contribution in [2.75, 3.05) is 38.0 Å². The number of rotatable bonds is 6. The second-order valence-electron chi connectivity index (χ2n) is 6.89. The van der Waals surface area contributed by atoms with Gasteiger partial charge in [0.2, 0.25) is 5.91 Å². The third kappa shape index (κ3) is 5.54. The number of piperazine rings is 1. The van der Waals surface area contributed by atoms with Gasteiger partial charge in [-0.15, -0.1) is 0 Å². The molecule has 0 spiro atoms. The van der Waals surface area contributed by atoms with Crippen LogP contribution >= 0.6 is 0 Å². The fourth-order valence-corrected chi connectivity index (χ4v) is 3.20. The molecule has 2 aromatic rings. The molecular weight excluding hydrogens is 350 g/mol. The van der Waals surface area contributed by atoms with Gasteiger partial charge in [-0.2, -0.15) is 0 Å². The Morgan fingerprint density at radius 3 is 2.46 bits per heavy atom. The lowest BCUT2D eigenvalue weighted by Crippen LogP contribution is -2.48. The molecule has 1 heterocycles. The van der Waals surface area contributed by atoms with E-state index in [9.17, 15) is 9.59 Å². The third-order valence-corrected chi connectivity index (χ3v) is 4.85. The summed E-state index contributed by atoms with van der Waals surface area (Å²) in [5, 5.41) is 2.81. The van der Waals surface area contributed by atoms with Crippen LogP contribution in [0.2, 0.25) is 0 Å². The van der Waals surface area contributed by atoms with Gasteiger partial charge in [-0.1, -0.05) is 55.5 Å². The van der Waals surface area contributed by atoms with E-state index in [0.29, 0.717) is 30.8 Å². The number of benzene rings is 2. The predicted molar refractivity (Wildman–Crippen MR) is 113 cm³/mol. The molecule has 2 amide bonds. The monoisotopic (exact) mass is 377 g/mol. The van der Waals surface area contributed by atoms with Crippen molar-refractivity contribution in [2.45, 2.75) is 13.3 Å². The van der Waals surface area contributed by atoms with Crippen LogP contribution in [-0.2, 0) is 4.79 Å². The van der Waals surface area contributed by atoms with E-state index in [0.717, 1.165) is 19.6 Å². The van der Waals surface area contributed by atoms with Gasteiger partial charge < -0.3 is 10.2 Å². The Labute approximate surface area is 166 Å². The first-order valence-corrected chi connectivity index (χ1v) is 9.79. The molecule has 1 aliphatic heterocycles. The van der Waals surface area contributed by atoms with E-state index in [1.807, 2.05) is 29.2 Å². The van der Waals surface area contributed by atoms with Crippen molar-refractivity contribution in [1.82, 2.24) is 9.80 Å². The molecule has 0 aromatic heterocycles. The van der Waals surface area contributed by atoms with E-state index in [-0.39, 0.29) is 11.8 Å². The van der Waals surface area contributed by atoms with Gasteiger partial charge in [-0.3, -0.25) is 14.5 Å². The Balaban J connectivity index is 1.50. The van der Waals surface area contributed by atoms with E-state index >= 15 is 0 Å². The van der Waals surface area contributed by atoms with Gasteiger partial charge >= 0.3 is 0 Å². The highest BCUT2D eigenvalue weighted by Gasteiger charge is 2.21. The third-order valence-electron chi connectivity index (χ3n) is 4.85. The molecule has 0 bridgehead atoms. The van der Waals surface area contributed by atoms with Crippen molar-refractivity contribution in [3.8, 4) is 0 Å². The number of amides is 2. The Kier molecular flexibility index (Phi) is 6.98. The van der Waals surface area contributed by atoms with Gasteiger partial charge in [0.15, 0.2) is 0 Å². The zero-order chi connectivity index (χ0) is 19.8. The summed E-state index contributed by atoms with van der Waals surface area (Å²) in [6.07, 6.45) is 4.72. The summed E-state index contributed by atoms with van der Waals surface area (Å²) in [7, 11) is 0. The minimum absolute atomic E-state index is 0.0204. The highest BCUT2D eigenvalue weighted by Crippen LogP contribution is 2.15. The fourth-order valence-electron chi connectivity index (χ4n) is 3.20. The van der Waals surface area contributed by atoms with Crippen molar-refractivity contribution in [3.05, 3.63) is 71.8 Å². The summed E-state index contributed by atoms with van der Waals surface area (Å²) < 4.78 is 0. The van der Waals surface area contributed by atoms with Crippen LogP contribution in [0.4, 0.5) is 5.69 Å². The highest BCUT2D eigenvalue weighted by atomic mass is 16.2. The summed E-state index contributed by atoms with van der Waals surface area (Å²) in [6.45, 7) is 5.83. The van der Waals surface area contributed by atoms with Crippen LogP contribution < -0.4 is 5.32 Å². The van der Waals surface area contributed by atoms with Gasteiger partial charge in [-0.25, -0.2) is 0 Å². The van der Waals surface area contributed by atoms with E-state index in [1.54, 1.807) is 25.1 Å². The molecule has 2 aromatic carbocycles. The molecule has 0 unspecified atom stereocenters. The van der Waals surface area contributed by atoms with Crippen LogP contribution in [0.25, 0.3) is 6.08 Å². The number of nitrogens with one attached hydrogen (secondary N) is 1. The van der Waals surface area contributed by atoms with Crippen LogP contribution in [-0.4, -0.2) is 54.3 Å². The molecule has 1 aliphatic rings. The number of hydrogen-bond donors (Lipinski definition) is 1. The Morgan fingerprint density at radius 2 is 1.75 bits per heavy atom. The Morgan fingerprint density at radius 1 is 1.00 bits per heavy atom. The zero-order valence-electron chi connectivity index (χ0n) is 16.3. The number of hydrogen-bond acceptors (Lipinski definition) is 3. The topological polar surface area (TPSA) is 52.7 Å². The molecule has 28 heavy (non-hydrogen) atoms. The van der Waals surface area contributed by atoms with Crippen molar-refractivity contribution >= 4 is 23.6 Å². The first kappa shape index (κ1) is 19.8. The number of nitrogens with zero attached hydrogens (tertiary/aromatic N) is 2. The predicted octanol–water partition coefficient (Wildman–Crippen LogP) is 3.51. The number of carbonyl (C=O) groups excluding carboxylic acids is 2. The molecule has 0 saturated carbocycles. The lowest BCUT2D eigenvalue weighted by molar-refractivity contribution is -0.115. The first-order chi connectivity index (χ1) is 13.7. The van der Waals surface area contributed by atoms with E-state index < -0.39 is 0 Å². The molecule has 5 heteroatoms. The SMILES string of the molecule is CCC(=O)Nc1cccc(C(=O)N2CCN(C/C=C/c3ccccc3)CC2)c1. The van der Waals surface area contributed by atoms with E-state index in [2.05, 4.69) is 34.5 Å². The molecule has 3 rings (SSSR count). The van der Waals surface area contributed by atoms with Crippen molar-refractivity contribution in [1.29, 1.82) is 0 Å². The molecule has 146 valence electrons. The van der Waals surface area contributed by atoms with Crippen LogP contribution in [0.5, 0.6) is 0 Å². The van der Waals surface area contributed by atoms with E-state index in [4.69, 9.17) is 0 Å². The molecule has 0 atom stereocenters. The average molecular weight is 377 g/mol. The molecule has 1 fully saturated rings. The molecular formula is C23H27N3O2. The second kappa shape index (κ2) is 9.85.